The van der Waals surface area contributed by atoms with Crippen molar-refractivity contribution in [3.8, 4) is 0 Å². The van der Waals surface area contributed by atoms with Gasteiger partial charge < -0.3 is 10.2 Å². The minimum Gasteiger partial charge on any atom is -0.339 e. The molecule has 0 heterocycles. The van der Waals surface area contributed by atoms with E-state index < -0.39 is 0 Å². The summed E-state index contributed by atoms with van der Waals surface area (Å²) in [6.07, 6.45) is 3.07. The van der Waals surface area contributed by atoms with Crippen molar-refractivity contribution in [3.63, 3.8) is 0 Å². The van der Waals surface area contributed by atoms with Crippen LogP contribution in [0.5, 0.6) is 0 Å². The Kier molecular flexibility index (Phi) is 5.23. The largest absolute Gasteiger partial charge is 0.339 e. The molecule has 1 N–H and O–H groups in total. The van der Waals surface area contributed by atoms with Gasteiger partial charge in [-0.2, -0.15) is 0 Å². The predicted molar refractivity (Wildman–Crippen MR) is 78.2 cm³/mol. The summed E-state index contributed by atoms with van der Waals surface area (Å²) in [4.78, 5) is 14.0. The summed E-state index contributed by atoms with van der Waals surface area (Å²) in [6, 6.07) is 8.36. The number of halogens is 1. The third-order valence-corrected chi connectivity index (χ3v) is 3.77. The molecule has 0 saturated heterocycles. The van der Waals surface area contributed by atoms with Gasteiger partial charge in [-0.3, -0.25) is 4.79 Å². The van der Waals surface area contributed by atoms with Gasteiger partial charge in [0.25, 0.3) is 0 Å². The third-order valence-electron chi connectivity index (χ3n) is 3.40. The Balaban J connectivity index is 1.84. The summed E-state index contributed by atoms with van der Waals surface area (Å²) in [5.74, 6) is 0.190. The van der Waals surface area contributed by atoms with Gasteiger partial charge in [-0.15, -0.1) is 0 Å². The van der Waals surface area contributed by atoms with Crippen molar-refractivity contribution in [1.29, 1.82) is 0 Å². The van der Waals surface area contributed by atoms with Crippen LogP contribution < -0.4 is 5.32 Å². The van der Waals surface area contributed by atoms with Crippen molar-refractivity contribution in [2.75, 3.05) is 13.1 Å². The predicted octanol–water partition coefficient (Wildman–Crippen LogP) is 2.83. The van der Waals surface area contributed by atoms with Gasteiger partial charge in [0.05, 0.1) is 0 Å². The molecule has 4 heteroatoms. The number of rotatable bonds is 7. The summed E-state index contributed by atoms with van der Waals surface area (Å²) in [7, 11) is 0. The van der Waals surface area contributed by atoms with Crippen LogP contribution in [-0.2, 0) is 11.3 Å². The highest BCUT2D eigenvalue weighted by molar-refractivity contribution is 6.31. The second-order valence-electron chi connectivity index (χ2n) is 4.98. The summed E-state index contributed by atoms with van der Waals surface area (Å²) < 4.78 is 0. The van der Waals surface area contributed by atoms with Gasteiger partial charge in [0, 0.05) is 37.1 Å². The Morgan fingerprint density at radius 3 is 2.79 bits per heavy atom. The zero-order chi connectivity index (χ0) is 13.7. The molecular weight excluding hydrogens is 260 g/mol. The van der Waals surface area contributed by atoms with Crippen molar-refractivity contribution >= 4 is 17.5 Å². The normalized spacial score (nSPS) is 14.4. The van der Waals surface area contributed by atoms with Gasteiger partial charge in [-0.25, -0.2) is 0 Å². The minimum atomic E-state index is 0.190. The molecule has 2 rings (SSSR count). The number of carbonyl (C=O) groups is 1. The Morgan fingerprint density at radius 1 is 1.42 bits per heavy atom. The van der Waals surface area contributed by atoms with E-state index in [0.29, 0.717) is 25.6 Å². The van der Waals surface area contributed by atoms with Crippen molar-refractivity contribution in [3.05, 3.63) is 34.9 Å². The lowest BCUT2D eigenvalue weighted by Gasteiger charge is -2.21. The minimum absolute atomic E-state index is 0.190. The van der Waals surface area contributed by atoms with Gasteiger partial charge in [0.2, 0.25) is 5.91 Å². The van der Waals surface area contributed by atoms with Gasteiger partial charge in [0.1, 0.15) is 0 Å². The van der Waals surface area contributed by atoms with Crippen LogP contribution in [-0.4, -0.2) is 29.9 Å². The zero-order valence-electron chi connectivity index (χ0n) is 11.4. The van der Waals surface area contributed by atoms with E-state index >= 15 is 0 Å². The first-order valence-corrected chi connectivity index (χ1v) is 7.33. The zero-order valence-corrected chi connectivity index (χ0v) is 12.1. The van der Waals surface area contributed by atoms with Crippen LogP contribution in [0.3, 0.4) is 0 Å². The average molecular weight is 281 g/mol. The number of hydrogen-bond donors (Lipinski definition) is 1. The smallest absolute Gasteiger partial charge is 0.224 e. The van der Waals surface area contributed by atoms with E-state index in [9.17, 15) is 4.79 Å². The number of nitrogens with one attached hydrogen (secondary N) is 1. The Morgan fingerprint density at radius 2 is 2.16 bits per heavy atom. The van der Waals surface area contributed by atoms with Gasteiger partial charge in [-0.05, 0) is 31.4 Å². The fourth-order valence-electron chi connectivity index (χ4n) is 2.04. The first-order valence-electron chi connectivity index (χ1n) is 6.95. The third kappa shape index (κ3) is 4.51. The maximum atomic E-state index is 12.1. The lowest BCUT2D eigenvalue weighted by Crippen LogP contribution is -2.33. The second kappa shape index (κ2) is 6.92. The number of amides is 1. The monoisotopic (exact) mass is 280 g/mol. The molecule has 104 valence electrons. The van der Waals surface area contributed by atoms with E-state index in [1.54, 1.807) is 0 Å². The van der Waals surface area contributed by atoms with Crippen LogP contribution in [0.15, 0.2) is 24.3 Å². The molecule has 1 fully saturated rings. The van der Waals surface area contributed by atoms with Crippen LogP contribution in [0.25, 0.3) is 0 Å². The van der Waals surface area contributed by atoms with E-state index in [2.05, 4.69) is 5.32 Å². The number of nitrogens with zero attached hydrogens (tertiary/aromatic N) is 1. The Labute approximate surface area is 119 Å². The van der Waals surface area contributed by atoms with E-state index in [4.69, 9.17) is 11.6 Å². The van der Waals surface area contributed by atoms with Crippen LogP contribution in [0.1, 0.15) is 31.7 Å². The second-order valence-corrected chi connectivity index (χ2v) is 5.38. The van der Waals surface area contributed by atoms with E-state index in [-0.39, 0.29) is 5.91 Å². The highest BCUT2D eigenvalue weighted by atomic mass is 35.5. The molecule has 1 saturated carbocycles. The summed E-state index contributed by atoms with van der Waals surface area (Å²) in [6.45, 7) is 4.09. The average Bonchev–Trinajstić information content (AvgIpc) is 3.22. The molecule has 1 amide bonds. The lowest BCUT2D eigenvalue weighted by atomic mass is 10.2. The standard InChI is InChI=1S/C15H21ClN2O/c1-2-18(11-12-5-3-4-6-14(12)16)15(19)9-10-17-13-7-8-13/h3-6,13,17H,2,7-11H2,1H3. The molecule has 0 bridgehead atoms. The Bertz CT molecular complexity index is 432. The molecule has 0 unspecified atom stereocenters. The topological polar surface area (TPSA) is 32.3 Å². The van der Waals surface area contributed by atoms with Crippen molar-refractivity contribution in [1.82, 2.24) is 10.2 Å². The molecule has 19 heavy (non-hydrogen) atoms. The van der Waals surface area contributed by atoms with Crippen LogP contribution in [0, 0.1) is 0 Å². The van der Waals surface area contributed by atoms with Crippen LogP contribution in [0.2, 0.25) is 5.02 Å². The van der Waals surface area contributed by atoms with Crippen molar-refractivity contribution in [2.45, 2.75) is 38.8 Å². The highest BCUT2D eigenvalue weighted by Gasteiger charge is 2.21. The molecule has 0 aliphatic heterocycles. The molecule has 1 aliphatic rings. The fourth-order valence-corrected chi connectivity index (χ4v) is 2.23. The van der Waals surface area contributed by atoms with Crippen molar-refractivity contribution in [2.24, 2.45) is 0 Å². The van der Waals surface area contributed by atoms with Gasteiger partial charge in [0.15, 0.2) is 0 Å². The van der Waals surface area contributed by atoms with Crippen LogP contribution in [0.4, 0.5) is 0 Å². The fraction of sp³-hybridized carbons (Fsp3) is 0.533. The summed E-state index contributed by atoms with van der Waals surface area (Å²) in [5.41, 5.74) is 1.01. The van der Waals surface area contributed by atoms with E-state index in [0.717, 1.165) is 17.1 Å². The summed E-state index contributed by atoms with van der Waals surface area (Å²) in [5, 5.41) is 4.09. The van der Waals surface area contributed by atoms with Gasteiger partial charge >= 0.3 is 0 Å². The molecule has 0 atom stereocenters. The number of hydrogen-bond acceptors (Lipinski definition) is 2. The SMILES string of the molecule is CCN(Cc1ccccc1Cl)C(=O)CCNC1CC1. The maximum absolute atomic E-state index is 12.1. The molecule has 0 aromatic heterocycles. The molecule has 1 aliphatic carbocycles. The summed E-state index contributed by atoms with van der Waals surface area (Å²) >= 11 is 6.13. The first kappa shape index (κ1) is 14.4. The number of carbonyl (C=O) groups excluding carboxylic acids is 1. The number of benzene rings is 1. The molecule has 3 nitrogen and oxygen atoms in total. The molecular formula is C15H21ClN2O. The molecule has 0 radical (unpaired) electrons. The van der Waals surface area contributed by atoms with Crippen LogP contribution >= 0.6 is 11.6 Å². The van der Waals surface area contributed by atoms with Crippen molar-refractivity contribution < 1.29 is 4.79 Å². The first-order chi connectivity index (χ1) is 9.20. The molecule has 1 aromatic carbocycles. The van der Waals surface area contributed by atoms with E-state index in [1.165, 1.54) is 12.8 Å². The maximum Gasteiger partial charge on any atom is 0.224 e. The molecule has 0 spiro atoms. The Hall–Kier alpha value is -1.06. The quantitative estimate of drug-likeness (QED) is 0.833. The lowest BCUT2D eigenvalue weighted by molar-refractivity contribution is -0.131. The molecule has 1 aromatic rings. The van der Waals surface area contributed by atoms with Gasteiger partial charge in [-0.1, -0.05) is 29.8 Å². The highest BCUT2D eigenvalue weighted by Crippen LogP contribution is 2.19. The van der Waals surface area contributed by atoms with E-state index in [1.807, 2.05) is 36.1 Å².